The molecule has 4 nitrogen and oxygen atoms in total. The van der Waals surface area contributed by atoms with Crippen molar-refractivity contribution in [3.8, 4) is 0 Å². The summed E-state index contributed by atoms with van der Waals surface area (Å²) in [5, 5.41) is 20.3. The van der Waals surface area contributed by atoms with Crippen LogP contribution in [0.15, 0.2) is 30.3 Å². The molecule has 0 aliphatic carbocycles. The fraction of sp³-hybridized carbons (Fsp3) is 0.400. The van der Waals surface area contributed by atoms with E-state index in [1.807, 2.05) is 30.3 Å². The smallest absolute Gasteiger partial charge is 0.129 e. The van der Waals surface area contributed by atoms with Gasteiger partial charge in [-0.1, -0.05) is 18.2 Å². The minimum Gasteiger partial charge on any atom is -0.392 e. The average molecular weight is 258 g/mol. The van der Waals surface area contributed by atoms with Gasteiger partial charge in [-0.05, 0) is 30.5 Å². The van der Waals surface area contributed by atoms with Crippen LogP contribution in [-0.2, 0) is 6.61 Å². The molecule has 1 saturated heterocycles. The molecule has 1 aromatic heterocycles. The van der Waals surface area contributed by atoms with Crippen LogP contribution in [0.25, 0.3) is 10.9 Å². The fourth-order valence-electron chi connectivity index (χ4n) is 2.69. The van der Waals surface area contributed by atoms with Crippen LogP contribution >= 0.6 is 0 Å². The molecular weight excluding hydrogens is 240 g/mol. The number of para-hydroxylation sites is 1. The largest absolute Gasteiger partial charge is 0.392 e. The van der Waals surface area contributed by atoms with E-state index in [0.29, 0.717) is 6.54 Å². The predicted molar refractivity (Wildman–Crippen MR) is 75.1 cm³/mol. The Morgan fingerprint density at radius 2 is 2.16 bits per heavy atom. The highest BCUT2D eigenvalue weighted by Crippen LogP contribution is 2.25. The van der Waals surface area contributed by atoms with Crippen molar-refractivity contribution in [2.45, 2.75) is 25.6 Å². The minimum atomic E-state index is -0.278. The Labute approximate surface area is 112 Å². The normalized spacial score (nSPS) is 19.9. The topological polar surface area (TPSA) is 56.6 Å². The second-order valence-corrected chi connectivity index (χ2v) is 5.06. The van der Waals surface area contributed by atoms with Crippen LogP contribution in [0.1, 0.15) is 18.4 Å². The molecule has 0 saturated carbocycles. The van der Waals surface area contributed by atoms with E-state index >= 15 is 0 Å². The summed E-state index contributed by atoms with van der Waals surface area (Å²) >= 11 is 0. The molecule has 3 rings (SSSR count). The lowest BCUT2D eigenvalue weighted by molar-refractivity contribution is 0.154. The number of nitrogens with zero attached hydrogens (tertiary/aromatic N) is 2. The van der Waals surface area contributed by atoms with E-state index in [0.717, 1.165) is 41.7 Å². The maximum absolute atomic E-state index is 9.76. The predicted octanol–water partition coefficient (Wildman–Crippen LogP) is 1.69. The number of rotatable bonds is 2. The third-order valence-corrected chi connectivity index (χ3v) is 3.68. The standard InChI is InChI=1S/C15H18N2O2/c18-10-11-8-15(17-7-3-4-12(19)9-17)16-14-6-2-1-5-13(11)14/h1-2,5-6,8,12,18-19H,3-4,7,9-10H2. The molecule has 0 bridgehead atoms. The summed E-state index contributed by atoms with van der Waals surface area (Å²) in [6.45, 7) is 1.54. The van der Waals surface area contributed by atoms with Gasteiger partial charge in [0.1, 0.15) is 5.82 Å². The van der Waals surface area contributed by atoms with Gasteiger partial charge in [0.15, 0.2) is 0 Å². The zero-order valence-electron chi connectivity index (χ0n) is 10.8. The van der Waals surface area contributed by atoms with Crippen molar-refractivity contribution in [3.05, 3.63) is 35.9 Å². The van der Waals surface area contributed by atoms with Gasteiger partial charge >= 0.3 is 0 Å². The average Bonchev–Trinajstić information content (AvgIpc) is 2.46. The number of anilines is 1. The first-order valence-corrected chi connectivity index (χ1v) is 6.70. The molecule has 1 aromatic carbocycles. The van der Waals surface area contributed by atoms with Crippen LogP contribution in [-0.4, -0.2) is 34.4 Å². The van der Waals surface area contributed by atoms with Crippen LogP contribution in [0.4, 0.5) is 5.82 Å². The molecule has 1 atom stereocenters. The number of hydrogen-bond donors (Lipinski definition) is 2. The summed E-state index contributed by atoms with van der Waals surface area (Å²) in [5.41, 5.74) is 1.78. The molecule has 1 fully saturated rings. The van der Waals surface area contributed by atoms with Gasteiger partial charge in [-0.15, -0.1) is 0 Å². The lowest BCUT2D eigenvalue weighted by Gasteiger charge is -2.31. The maximum atomic E-state index is 9.76. The Morgan fingerprint density at radius 3 is 2.95 bits per heavy atom. The van der Waals surface area contributed by atoms with E-state index in [1.54, 1.807) is 0 Å². The Balaban J connectivity index is 2.04. The van der Waals surface area contributed by atoms with Crippen LogP contribution in [0.3, 0.4) is 0 Å². The summed E-state index contributed by atoms with van der Waals surface area (Å²) in [7, 11) is 0. The molecular formula is C15H18N2O2. The molecule has 100 valence electrons. The van der Waals surface area contributed by atoms with Crippen molar-refractivity contribution < 1.29 is 10.2 Å². The monoisotopic (exact) mass is 258 g/mol. The molecule has 1 aliphatic rings. The van der Waals surface area contributed by atoms with Gasteiger partial charge in [-0.25, -0.2) is 4.98 Å². The number of aliphatic hydroxyl groups excluding tert-OH is 2. The van der Waals surface area contributed by atoms with Crippen LogP contribution in [0.2, 0.25) is 0 Å². The van der Waals surface area contributed by atoms with Gasteiger partial charge in [-0.3, -0.25) is 0 Å². The van der Waals surface area contributed by atoms with Gasteiger partial charge in [0.25, 0.3) is 0 Å². The Kier molecular flexibility index (Phi) is 3.36. The number of piperidine rings is 1. The van der Waals surface area contributed by atoms with Crippen LogP contribution in [0.5, 0.6) is 0 Å². The first-order valence-electron chi connectivity index (χ1n) is 6.70. The summed E-state index contributed by atoms with van der Waals surface area (Å²) in [6.07, 6.45) is 1.56. The van der Waals surface area contributed by atoms with Crippen LogP contribution in [0, 0.1) is 0 Å². The highest BCUT2D eigenvalue weighted by molar-refractivity contribution is 5.84. The molecule has 2 N–H and O–H groups in total. The summed E-state index contributed by atoms with van der Waals surface area (Å²) in [4.78, 5) is 6.74. The van der Waals surface area contributed by atoms with Crippen molar-refractivity contribution in [1.82, 2.24) is 4.98 Å². The van der Waals surface area contributed by atoms with Gasteiger partial charge in [0, 0.05) is 18.5 Å². The number of hydrogen-bond acceptors (Lipinski definition) is 4. The van der Waals surface area contributed by atoms with Crippen LogP contribution < -0.4 is 4.90 Å². The molecule has 1 aliphatic heterocycles. The van der Waals surface area contributed by atoms with Crippen molar-refractivity contribution in [2.24, 2.45) is 0 Å². The Hall–Kier alpha value is -1.65. The highest BCUT2D eigenvalue weighted by atomic mass is 16.3. The van der Waals surface area contributed by atoms with E-state index in [9.17, 15) is 10.2 Å². The lowest BCUT2D eigenvalue weighted by Crippen LogP contribution is -2.38. The first kappa shape index (κ1) is 12.4. The SMILES string of the molecule is OCc1cc(N2CCCC(O)C2)nc2ccccc12. The number of aliphatic hydroxyl groups is 2. The van der Waals surface area contributed by atoms with Gasteiger partial charge < -0.3 is 15.1 Å². The van der Waals surface area contributed by atoms with Crippen molar-refractivity contribution >= 4 is 16.7 Å². The van der Waals surface area contributed by atoms with Crippen molar-refractivity contribution in [1.29, 1.82) is 0 Å². The molecule has 0 spiro atoms. The number of fused-ring (bicyclic) bond motifs is 1. The third-order valence-electron chi connectivity index (χ3n) is 3.68. The van der Waals surface area contributed by atoms with E-state index < -0.39 is 0 Å². The summed E-state index contributed by atoms with van der Waals surface area (Å²) in [6, 6.07) is 9.76. The molecule has 19 heavy (non-hydrogen) atoms. The first-order chi connectivity index (χ1) is 9.28. The van der Waals surface area contributed by atoms with Gasteiger partial charge in [0.2, 0.25) is 0 Å². The maximum Gasteiger partial charge on any atom is 0.129 e. The second-order valence-electron chi connectivity index (χ2n) is 5.06. The molecule has 2 aromatic rings. The molecule has 4 heteroatoms. The molecule has 0 radical (unpaired) electrons. The van der Waals surface area contributed by atoms with E-state index in [1.165, 1.54) is 0 Å². The lowest BCUT2D eigenvalue weighted by atomic mass is 10.1. The summed E-state index contributed by atoms with van der Waals surface area (Å²) in [5.74, 6) is 0.849. The third kappa shape index (κ3) is 2.41. The van der Waals surface area contributed by atoms with Crippen molar-refractivity contribution in [2.75, 3.05) is 18.0 Å². The second kappa shape index (κ2) is 5.15. The number of aromatic nitrogens is 1. The minimum absolute atomic E-state index is 0.00638. The Bertz CT molecular complexity index is 585. The number of β-amino-alcohol motifs (C(OH)–C–C–N with tert-alkyl or cyclic N) is 1. The van der Waals surface area contributed by atoms with Crippen molar-refractivity contribution in [3.63, 3.8) is 0 Å². The van der Waals surface area contributed by atoms with E-state index in [4.69, 9.17) is 0 Å². The van der Waals surface area contributed by atoms with E-state index in [2.05, 4.69) is 9.88 Å². The molecule has 1 unspecified atom stereocenters. The quantitative estimate of drug-likeness (QED) is 0.860. The number of pyridine rings is 1. The number of benzene rings is 1. The highest BCUT2D eigenvalue weighted by Gasteiger charge is 2.19. The van der Waals surface area contributed by atoms with E-state index in [-0.39, 0.29) is 12.7 Å². The zero-order valence-corrected chi connectivity index (χ0v) is 10.8. The fourth-order valence-corrected chi connectivity index (χ4v) is 2.69. The van der Waals surface area contributed by atoms with Gasteiger partial charge in [0.05, 0.1) is 18.2 Å². The molecule has 0 amide bonds. The summed E-state index contributed by atoms with van der Waals surface area (Å²) < 4.78 is 0. The van der Waals surface area contributed by atoms with Gasteiger partial charge in [-0.2, -0.15) is 0 Å². The Morgan fingerprint density at radius 1 is 1.32 bits per heavy atom. The molecule has 2 heterocycles. The zero-order chi connectivity index (χ0) is 13.2.